The molecule has 2 heterocycles. The van der Waals surface area contributed by atoms with Crippen molar-refractivity contribution in [2.24, 2.45) is 5.73 Å². The van der Waals surface area contributed by atoms with Crippen molar-refractivity contribution in [3.05, 3.63) is 66.1 Å². The Morgan fingerprint density at radius 2 is 1.91 bits per heavy atom. The van der Waals surface area contributed by atoms with E-state index < -0.39 is 0 Å². The van der Waals surface area contributed by atoms with E-state index >= 15 is 0 Å². The lowest BCUT2D eigenvalue weighted by Crippen LogP contribution is -2.02. The van der Waals surface area contributed by atoms with Crippen LogP contribution in [0, 0.1) is 0 Å². The van der Waals surface area contributed by atoms with Gasteiger partial charge in [-0.05, 0) is 37.1 Å². The first-order valence-corrected chi connectivity index (χ1v) is 7.70. The summed E-state index contributed by atoms with van der Waals surface area (Å²) >= 11 is 0. The van der Waals surface area contributed by atoms with Gasteiger partial charge in [-0.25, -0.2) is 4.98 Å². The molecule has 4 heteroatoms. The smallest absolute Gasteiger partial charge is 0.179 e. The molecule has 0 fully saturated rings. The van der Waals surface area contributed by atoms with Crippen molar-refractivity contribution in [1.82, 2.24) is 9.38 Å². The van der Waals surface area contributed by atoms with Crippen LogP contribution in [-0.2, 0) is 12.8 Å². The molecule has 0 amide bonds. The number of benzene rings is 1. The van der Waals surface area contributed by atoms with Crippen LogP contribution in [-0.4, -0.2) is 22.5 Å². The highest BCUT2D eigenvalue weighted by Crippen LogP contribution is 2.19. The Bertz CT molecular complexity index is 722. The zero-order valence-corrected chi connectivity index (χ0v) is 12.6. The minimum absolute atomic E-state index is 0.608. The molecule has 0 bridgehead atoms. The molecule has 1 aromatic carbocycles. The van der Waals surface area contributed by atoms with E-state index in [2.05, 4.69) is 29.2 Å². The third kappa shape index (κ3) is 3.46. The number of aromatic nitrogens is 2. The zero-order chi connectivity index (χ0) is 15.2. The van der Waals surface area contributed by atoms with Crippen molar-refractivity contribution in [3.8, 4) is 5.75 Å². The molecule has 0 spiro atoms. The molecular weight excluding hydrogens is 274 g/mol. The molecule has 3 aromatic rings. The predicted octanol–water partition coefficient (Wildman–Crippen LogP) is 2.85. The van der Waals surface area contributed by atoms with E-state index in [0.29, 0.717) is 13.2 Å². The molecule has 4 nitrogen and oxygen atoms in total. The summed E-state index contributed by atoms with van der Waals surface area (Å²) < 4.78 is 7.92. The first-order chi connectivity index (χ1) is 10.9. The molecule has 0 aliphatic rings. The molecule has 3 rings (SSSR count). The van der Waals surface area contributed by atoms with Crippen molar-refractivity contribution in [1.29, 1.82) is 0 Å². The van der Waals surface area contributed by atoms with Crippen LogP contribution in [0.5, 0.6) is 5.75 Å². The fourth-order valence-corrected chi connectivity index (χ4v) is 2.52. The van der Waals surface area contributed by atoms with Crippen LogP contribution >= 0.6 is 0 Å². The Hall–Kier alpha value is -2.33. The molecule has 22 heavy (non-hydrogen) atoms. The number of nitrogens with two attached hydrogens (primary N) is 1. The van der Waals surface area contributed by atoms with Gasteiger partial charge >= 0.3 is 0 Å². The summed E-state index contributed by atoms with van der Waals surface area (Å²) in [5.74, 6) is 0.832. The summed E-state index contributed by atoms with van der Waals surface area (Å²) in [6.45, 7) is 1.30. The number of hydrogen-bond acceptors (Lipinski definition) is 3. The average Bonchev–Trinajstić information content (AvgIpc) is 2.96. The number of pyridine rings is 1. The Morgan fingerprint density at radius 3 is 2.73 bits per heavy atom. The minimum Gasteiger partial charge on any atom is -0.490 e. The monoisotopic (exact) mass is 295 g/mol. The third-order valence-electron chi connectivity index (χ3n) is 3.61. The van der Waals surface area contributed by atoms with E-state index in [1.165, 1.54) is 5.56 Å². The van der Waals surface area contributed by atoms with Gasteiger partial charge in [0.25, 0.3) is 0 Å². The Morgan fingerprint density at radius 1 is 1.05 bits per heavy atom. The van der Waals surface area contributed by atoms with Crippen molar-refractivity contribution in [2.75, 3.05) is 13.2 Å². The van der Waals surface area contributed by atoms with Gasteiger partial charge in [0, 0.05) is 18.8 Å². The molecule has 0 radical (unpaired) electrons. The third-order valence-corrected chi connectivity index (χ3v) is 3.61. The zero-order valence-electron chi connectivity index (χ0n) is 12.6. The molecule has 0 saturated carbocycles. The summed E-state index contributed by atoms with van der Waals surface area (Å²) in [6, 6.07) is 14.4. The standard InChI is InChI=1S/C18H21N3O/c19-11-10-16-14-21-12-4-9-17(18(21)20-16)22-13-5-8-15-6-2-1-3-7-15/h1-4,6-7,9,12,14H,5,8,10-11,13,19H2. The first kappa shape index (κ1) is 14.6. The second-order valence-electron chi connectivity index (χ2n) is 5.31. The van der Waals surface area contributed by atoms with Crippen molar-refractivity contribution < 1.29 is 4.74 Å². The van der Waals surface area contributed by atoms with Gasteiger partial charge in [0.2, 0.25) is 0 Å². The number of rotatable bonds is 7. The average molecular weight is 295 g/mol. The molecule has 0 unspecified atom stereocenters. The first-order valence-electron chi connectivity index (χ1n) is 7.70. The van der Waals surface area contributed by atoms with E-state index in [1.54, 1.807) is 0 Å². The van der Waals surface area contributed by atoms with Gasteiger partial charge in [0.1, 0.15) is 0 Å². The number of nitrogens with zero attached hydrogens (tertiary/aromatic N) is 2. The summed E-state index contributed by atoms with van der Waals surface area (Å²) in [4.78, 5) is 4.60. The molecule has 2 N–H and O–H groups in total. The second-order valence-corrected chi connectivity index (χ2v) is 5.31. The molecule has 0 atom stereocenters. The van der Waals surface area contributed by atoms with Gasteiger partial charge in [-0.15, -0.1) is 0 Å². The molecule has 114 valence electrons. The van der Waals surface area contributed by atoms with Crippen molar-refractivity contribution >= 4 is 5.65 Å². The fourth-order valence-electron chi connectivity index (χ4n) is 2.52. The summed E-state index contributed by atoms with van der Waals surface area (Å²) in [5.41, 5.74) is 8.81. The number of hydrogen-bond donors (Lipinski definition) is 1. The van der Waals surface area contributed by atoms with Gasteiger partial charge in [0.15, 0.2) is 11.4 Å². The van der Waals surface area contributed by atoms with Crippen LogP contribution < -0.4 is 10.5 Å². The number of fused-ring (bicyclic) bond motifs is 1. The van der Waals surface area contributed by atoms with Crippen LogP contribution in [0.4, 0.5) is 0 Å². The van der Waals surface area contributed by atoms with Gasteiger partial charge in [0.05, 0.1) is 12.3 Å². The van der Waals surface area contributed by atoms with Crippen LogP contribution in [0.3, 0.4) is 0 Å². The lowest BCUT2D eigenvalue weighted by atomic mass is 10.1. The molecule has 0 aliphatic carbocycles. The van der Waals surface area contributed by atoms with Crippen molar-refractivity contribution in [3.63, 3.8) is 0 Å². The molecule has 0 aliphatic heterocycles. The summed E-state index contributed by atoms with van der Waals surface area (Å²) in [5, 5.41) is 0. The van der Waals surface area contributed by atoms with Crippen LogP contribution in [0.1, 0.15) is 17.7 Å². The topological polar surface area (TPSA) is 52.5 Å². The molecule has 0 saturated heterocycles. The van der Waals surface area contributed by atoms with E-state index in [9.17, 15) is 0 Å². The largest absolute Gasteiger partial charge is 0.490 e. The molecular formula is C18H21N3O. The molecule has 2 aromatic heterocycles. The van der Waals surface area contributed by atoms with E-state index in [-0.39, 0.29) is 0 Å². The Kier molecular flexibility index (Phi) is 4.71. The van der Waals surface area contributed by atoms with Crippen molar-refractivity contribution in [2.45, 2.75) is 19.3 Å². The summed E-state index contributed by atoms with van der Waals surface area (Å²) in [6.07, 6.45) is 6.80. The second kappa shape index (κ2) is 7.09. The van der Waals surface area contributed by atoms with Crippen LogP contribution in [0.15, 0.2) is 54.9 Å². The summed E-state index contributed by atoms with van der Waals surface area (Å²) in [7, 11) is 0. The van der Waals surface area contributed by atoms with Gasteiger partial charge in [-0.2, -0.15) is 0 Å². The van der Waals surface area contributed by atoms with Crippen LogP contribution in [0.2, 0.25) is 0 Å². The lowest BCUT2D eigenvalue weighted by molar-refractivity contribution is 0.313. The number of ether oxygens (including phenoxy) is 1. The highest BCUT2D eigenvalue weighted by molar-refractivity contribution is 5.54. The maximum Gasteiger partial charge on any atom is 0.179 e. The predicted molar refractivity (Wildman–Crippen MR) is 88.2 cm³/mol. The van der Waals surface area contributed by atoms with Gasteiger partial charge in [-0.3, -0.25) is 0 Å². The quantitative estimate of drug-likeness (QED) is 0.682. The van der Waals surface area contributed by atoms with E-state index in [0.717, 1.165) is 36.4 Å². The van der Waals surface area contributed by atoms with E-state index in [1.807, 2.05) is 35.0 Å². The van der Waals surface area contributed by atoms with Gasteiger partial charge in [-0.1, -0.05) is 30.3 Å². The number of aryl methyl sites for hydroxylation is 1. The minimum atomic E-state index is 0.608. The Balaban J connectivity index is 1.61. The Labute approximate surface area is 130 Å². The van der Waals surface area contributed by atoms with Crippen LogP contribution in [0.25, 0.3) is 5.65 Å². The highest BCUT2D eigenvalue weighted by Gasteiger charge is 2.06. The lowest BCUT2D eigenvalue weighted by Gasteiger charge is -2.07. The normalized spacial score (nSPS) is 11.0. The number of imidazole rings is 1. The fraction of sp³-hybridized carbons (Fsp3) is 0.278. The maximum atomic E-state index is 5.92. The maximum absolute atomic E-state index is 5.92. The van der Waals surface area contributed by atoms with E-state index in [4.69, 9.17) is 10.5 Å². The SMILES string of the molecule is NCCc1cn2cccc(OCCCc3ccccc3)c2n1. The highest BCUT2D eigenvalue weighted by atomic mass is 16.5. The van der Waals surface area contributed by atoms with Gasteiger partial charge < -0.3 is 14.9 Å².